The van der Waals surface area contributed by atoms with E-state index in [0.29, 0.717) is 6.04 Å². The van der Waals surface area contributed by atoms with Crippen LogP contribution in [-0.2, 0) is 0 Å². The highest BCUT2D eigenvalue weighted by molar-refractivity contribution is 5.94. The quantitative estimate of drug-likeness (QED) is 0.626. The fourth-order valence-electron chi connectivity index (χ4n) is 4.53. The Morgan fingerprint density at radius 1 is 0.871 bits per heavy atom. The van der Waals surface area contributed by atoms with Crippen molar-refractivity contribution in [1.29, 1.82) is 0 Å². The molecule has 1 atom stereocenters. The minimum absolute atomic E-state index is 0. The first-order valence-electron chi connectivity index (χ1n) is 10.8. The Bertz CT molecular complexity index is 798. The van der Waals surface area contributed by atoms with Crippen LogP contribution in [0, 0.1) is 5.82 Å². The van der Waals surface area contributed by atoms with Gasteiger partial charge in [-0.1, -0.05) is 18.2 Å². The van der Waals surface area contributed by atoms with E-state index in [4.69, 9.17) is 0 Å². The number of rotatable bonds is 5. The molecule has 0 aromatic heterocycles. The molecule has 4 nitrogen and oxygen atoms in total. The molecule has 1 unspecified atom stereocenters. The highest BCUT2D eigenvalue weighted by atomic mass is 35.5. The summed E-state index contributed by atoms with van der Waals surface area (Å²) in [5, 5.41) is 0. The van der Waals surface area contributed by atoms with E-state index in [0.717, 1.165) is 69.8 Å². The highest BCUT2D eigenvalue weighted by Gasteiger charge is 2.28. The van der Waals surface area contributed by atoms with Crippen molar-refractivity contribution in [2.75, 3.05) is 44.2 Å². The molecule has 2 aliphatic rings. The predicted octanol–water partition coefficient (Wildman–Crippen LogP) is 4.88. The van der Waals surface area contributed by atoms with Crippen LogP contribution in [0.1, 0.15) is 36.0 Å². The molecule has 0 bridgehead atoms. The molecule has 0 spiro atoms. The van der Waals surface area contributed by atoms with Gasteiger partial charge in [0.25, 0.3) is 5.91 Å². The Hall–Kier alpha value is -1.82. The smallest absolute Gasteiger partial charge is 0.254 e. The van der Waals surface area contributed by atoms with Crippen LogP contribution >= 0.6 is 24.8 Å². The minimum Gasteiger partial charge on any atom is -0.369 e. The number of hydrogen-bond acceptors (Lipinski definition) is 3. The zero-order chi connectivity index (χ0) is 20.1. The van der Waals surface area contributed by atoms with Gasteiger partial charge in [0.15, 0.2) is 0 Å². The highest BCUT2D eigenvalue weighted by Crippen LogP contribution is 2.23. The molecule has 0 aliphatic carbocycles. The van der Waals surface area contributed by atoms with E-state index in [2.05, 4.69) is 14.7 Å². The van der Waals surface area contributed by atoms with E-state index in [-0.39, 0.29) is 36.5 Å². The van der Waals surface area contributed by atoms with E-state index >= 15 is 0 Å². The second kappa shape index (κ2) is 12.3. The monoisotopic (exact) mass is 467 g/mol. The summed E-state index contributed by atoms with van der Waals surface area (Å²) >= 11 is 0. The van der Waals surface area contributed by atoms with E-state index in [1.165, 1.54) is 18.6 Å². The van der Waals surface area contributed by atoms with E-state index in [9.17, 15) is 9.18 Å². The molecule has 2 aliphatic heterocycles. The molecular weight excluding hydrogens is 436 g/mol. The van der Waals surface area contributed by atoms with Crippen molar-refractivity contribution < 1.29 is 9.18 Å². The van der Waals surface area contributed by atoms with Crippen molar-refractivity contribution in [2.45, 2.75) is 31.7 Å². The SMILES string of the molecule is Cl.Cl.O=C(c1ccccc1)N1CCCCC1CCN1CCN(c2ccc(F)cc2)CC1. The summed E-state index contributed by atoms with van der Waals surface area (Å²) in [4.78, 5) is 19.9. The van der Waals surface area contributed by atoms with Gasteiger partial charge in [-0.3, -0.25) is 9.69 Å². The molecule has 0 radical (unpaired) electrons. The fourth-order valence-corrected chi connectivity index (χ4v) is 4.53. The molecule has 170 valence electrons. The van der Waals surface area contributed by atoms with Gasteiger partial charge in [-0.2, -0.15) is 0 Å². The van der Waals surface area contributed by atoms with Gasteiger partial charge in [-0.05, 0) is 62.1 Å². The van der Waals surface area contributed by atoms with Crippen LogP contribution in [0.3, 0.4) is 0 Å². The summed E-state index contributed by atoms with van der Waals surface area (Å²) in [6.45, 7) is 5.84. The predicted molar refractivity (Wildman–Crippen MR) is 129 cm³/mol. The Labute approximate surface area is 197 Å². The lowest BCUT2D eigenvalue weighted by Crippen LogP contribution is -2.49. The number of benzene rings is 2. The Morgan fingerprint density at radius 3 is 2.23 bits per heavy atom. The van der Waals surface area contributed by atoms with Crippen LogP contribution in [-0.4, -0.2) is 61.0 Å². The fraction of sp³-hybridized carbons (Fsp3) is 0.458. The lowest BCUT2D eigenvalue weighted by molar-refractivity contribution is 0.0582. The third-order valence-corrected chi connectivity index (χ3v) is 6.25. The van der Waals surface area contributed by atoms with Gasteiger partial charge in [0.1, 0.15) is 5.82 Å². The summed E-state index contributed by atoms with van der Waals surface area (Å²) in [5.41, 5.74) is 1.89. The number of piperazine rings is 1. The van der Waals surface area contributed by atoms with Crippen molar-refractivity contribution in [2.24, 2.45) is 0 Å². The number of likely N-dealkylation sites (tertiary alicyclic amines) is 1. The van der Waals surface area contributed by atoms with Gasteiger partial charge in [-0.15, -0.1) is 24.8 Å². The van der Waals surface area contributed by atoms with E-state index in [1.54, 1.807) is 0 Å². The maximum atomic E-state index is 13.1. The minimum atomic E-state index is -0.186. The number of nitrogens with zero attached hydrogens (tertiary/aromatic N) is 3. The molecule has 2 aromatic rings. The number of amides is 1. The van der Waals surface area contributed by atoms with Crippen LogP contribution in [0.5, 0.6) is 0 Å². The van der Waals surface area contributed by atoms with Crippen molar-refractivity contribution in [3.63, 3.8) is 0 Å². The van der Waals surface area contributed by atoms with E-state index in [1.807, 2.05) is 42.5 Å². The van der Waals surface area contributed by atoms with Crippen molar-refractivity contribution in [1.82, 2.24) is 9.80 Å². The lowest BCUT2D eigenvalue weighted by Gasteiger charge is -2.39. The van der Waals surface area contributed by atoms with Gasteiger partial charge < -0.3 is 9.80 Å². The van der Waals surface area contributed by atoms with Crippen LogP contribution in [0.4, 0.5) is 10.1 Å². The Morgan fingerprint density at radius 2 is 1.55 bits per heavy atom. The number of halogens is 3. The topological polar surface area (TPSA) is 26.8 Å². The number of anilines is 1. The second-order valence-corrected chi connectivity index (χ2v) is 8.11. The van der Waals surface area contributed by atoms with Crippen LogP contribution < -0.4 is 4.90 Å². The molecule has 2 fully saturated rings. The maximum absolute atomic E-state index is 13.1. The molecular formula is C24H32Cl2FN3O. The summed E-state index contributed by atoms with van der Waals surface area (Å²) < 4.78 is 13.1. The summed E-state index contributed by atoms with van der Waals surface area (Å²) in [7, 11) is 0. The summed E-state index contributed by atoms with van der Waals surface area (Å²) in [6, 6.07) is 16.8. The Balaban J connectivity index is 0.00000171. The number of carbonyl (C=O) groups excluding carboxylic acids is 1. The van der Waals surface area contributed by atoms with Crippen molar-refractivity contribution in [3.8, 4) is 0 Å². The zero-order valence-corrected chi connectivity index (χ0v) is 19.4. The standard InChI is InChI=1S/C24H30FN3O.2ClH/c25-21-9-11-22(12-10-21)27-18-16-26(17-19-27)15-13-23-8-4-5-14-28(23)24(29)20-6-2-1-3-7-20;;/h1-3,6-7,9-12,23H,4-5,8,13-19H2;2*1H. The normalized spacial score (nSPS) is 19.3. The van der Waals surface area contributed by atoms with Gasteiger partial charge in [0, 0.05) is 56.6 Å². The van der Waals surface area contributed by atoms with Crippen LogP contribution in [0.25, 0.3) is 0 Å². The molecule has 0 saturated carbocycles. The summed E-state index contributed by atoms with van der Waals surface area (Å²) in [6.07, 6.45) is 4.45. The van der Waals surface area contributed by atoms with Gasteiger partial charge in [0.2, 0.25) is 0 Å². The summed E-state index contributed by atoms with van der Waals surface area (Å²) in [5.74, 6) is -0.00842. The molecule has 4 rings (SSSR count). The number of hydrogen-bond donors (Lipinski definition) is 0. The lowest BCUT2D eigenvalue weighted by atomic mass is 9.97. The molecule has 31 heavy (non-hydrogen) atoms. The van der Waals surface area contributed by atoms with Crippen LogP contribution in [0.2, 0.25) is 0 Å². The number of carbonyl (C=O) groups is 1. The van der Waals surface area contributed by atoms with Crippen molar-refractivity contribution in [3.05, 3.63) is 66.0 Å². The molecule has 1 amide bonds. The third kappa shape index (κ3) is 6.58. The molecule has 2 aromatic carbocycles. The molecule has 2 saturated heterocycles. The molecule has 7 heteroatoms. The Kier molecular flexibility index (Phi) is 10.1. The average Bonchev–Trinajstić information content (AvgIpc) is 2.79. The number of piperidine rings is 1. The third-order valence-electron chi connectivity index (χ3n) is 6.25. The van der Waals surface area contributed by atoms with Crippen LogP contribution in [0.15, 0.2) is 54.6 Å². The van der Waals surface area contributed by atoms with Gasteiger partial charge in [-0.25, -0.2) is 4.39 Å². The average molecular weight is 468 g/mol. The van der Waals surface area contributed by atoms with Gasteiger partial charge >= 0.3 is 0 Å². The second-order valence-electron chi connectivity index (χ2n) is 8.11. The largest absolute Gasteiger partial charge is 0.369 e. The van der Waals surface area contributed by atoms with Crippen molar-refractivity contribution >= 4 is 36.4 Å². The zero-order valence-electron chi connectivity index (χ0n) is 17.8. The van der Waals surface area contributed by atoms with E-state index < -0.39 is 0 Å². The molecule has 0 N–H and O–H groups in total. The maximum Gasteiger partial charge on any atom is 0.254 e. The first-order chi connectivity index (χ1) is 14.2. The first kappa shape index (κ1) is 25.4. The molecule has 2 heterocycles. The van der Waals surface area contributed by atoms with Gasteiger partial charge in [0.05, 0.1) is 0 Å². The first-order valence-corrected chi connectivity index (χ1v) is 10.8.